The molecular weight excluding hydrogens is 485 g/mol. The highest BCUT2D eigenvalue weighted by Gasteiger charge is 2.48. The van der Waals surface area contributed by atoms with Crippen molar-refractivity contribution in [1.82, 2.24) is 0 Å². The number of hydrogen-bond acceptors (Lipinski definition) is 0. The summed E-state index contributed by atoms with van der Waals surface area (Å²) in [5.41, 5.74) is 12.5. The van der Waals surface area contributed by atoms with E-state index in [0.29, 0.717) is 5.92 Å². The molecule has 4 rings (SSSR count). The molecule has 3 aromatic rings. The molecule has 1 aliphatic heterocycles. The second kappa shape index (κ2) is 10.1. The van der Waals surface area contributed by atoms with Gasteiger partial charge in [-0.25, -0.2) is 0 Å². The van der Waals surface area contributed by atoms with Crippen LogP contribution in [0.25, 0.3) is 0 Å². The van der Waals surface area contributed by atoms with Crippen molar-refractivity contribution in [1.29, 1.82) is 0 Å². The molecule has 1 aliphatic rings. The van der Waals surface area contributed by atoms with Gasteiger partial charge in [-0.1, -0.05) is 133 Å². The van der Waals surface area contributed by atoms with Gasteiger partial charge in [-0.3, -0.25) is 0 Å². The molecular formula is C38H54Si. The van der Waals surface area contributed by atoms with Crippen LogP contribution in [0.5, 0.6) is 0 Å². The van der Waals surface area contributed by atoms with Gasteiger partial charge in [0, 0.05) is 0 Å². The number of benzene rings is 3. The predicted molar refractivity (Wildman–Crippen MR) is 176 cm³/mol. The fourth-order valence-corrected chi connectivity index (χ4v) is 14.3. The number of aryl methyl sites for hydroxylation is 4. The minimum Gasteiger partial charge on any atom is -0.0585 e. The summed E-state index contributed by atoms with van der Waals surface area (Å²) in [5, 5.41) is 3.44. The van der Waals surface area contributed by atoms with Crippen molar-refractivity contribution < 1.29 is 0 Å². The lowest BCUT2D eigenvalue weighted by atomic mass is 9.85. The maximum absolute atomic E-state index is 2.52. The van der Waals surface area contributed by atoms with Crippen LogP contribution in [0, 0.1) is 27.7 Å². The molecule has 0 aliphatic carbocycles. The Morgan fingerprint density at radius 1 is 0.538 bits per heavy atom. The SMILES string of the molecule is Cc1cc(C(C)(C)C)cc(C)c1[Si]1(c2c(C)cc(C(C)(C)C)cc2C)CCC(c2ccc(C(C)(C)C)cc2)C1. The molecule has 0 N–H and O–H groups in total. The molecule has 0 spiro atoms. The van der Waals surface area contributed by atoms with Crippen molar-refractivity contribution in [2.45, 2.75) is 131 Å². The van der Waals surface area contributed by atoms with Gasteiger partial charge in [-0.15, -0.1) is 0 Å². The minimum absolute atomic E-state index is 0.163. The highest BCUT2D eigenvalue weighted by molar-refractivity contribution is 7.03. The summed E-state index contributed by atoms with van der Waals surface area (Å²) in [6.45, 7) is 30.7. The first-order valence-corrected chi connectivity index (χ1v) is 17.6. The zero-order chi connectivity index (χ0) is 29.1. The molecule has 0 radical (unpaired) electrons. The topological polar surface area (TPSA) is 0 Å². The van der Waals surface area contributed by atoms with Crippen molar-refractivity contribution in [3.05, 3.63) is 93.0 Å². The standard InChI is InChI=1S/C38H54Si/c1-25-20-32(37(8,9)10)21-26(2)34(25)39(35-27(3)22-33(23-28(35)4)38(11,12)13)19-18-30(24-39)29-14-16-31(17-15-29)36(5,6)7/h14-17,20-23,30H,18-19,24H2,1-13H3. The Labute approximate surface area is 241 Å². The maximum atomic E-state index is 2.52. The normalized spacial score (nSPS) is 18.0. The van der Waals surface area contributed by atoms with Gasteiger partial charge >= 0.3 is 0 Å². The van der Waals surface area contributed by atoms with E-state index in [0.717, 1.165) is 0 Å². The Morgan fingerprint density at radius 2 is 0.897 bits per heavy atom. The third-order valence-corrected chi connectivity index (χ3v) is 15.3. The summed E-state index contributed by atoms with van der Waals surface area (Å²) in [4.78, 5) is 0. The molecule has 0 saturated carbocycles. The summed E-state index contributed by atoms with van der Waals surface area (Å²) in [5.74, 6) is 0.632. The summed E-state index contributed by atoms with van der Waals surface area (Å²) in [6.07, 6.45) is 1.29. The van der Waals surface area contributed by atoms with E-state index in [-0.39, 0.29) is 16.2 Å². The second-order valence-corrected chi connectivity index (χ2v) is 19.9. The van der Waals surface area contributed by atoms with Crippen LogP contribution >= 0.6 is 0 Å². The summed E-state index contributed by atoms with van der Waals surface area (Å²) in [7, 11) is -2.02. The summed E-state index contributed by atoms with van der Waals surface area (Å²) >= 11 is 0. The molecule has 210 valence electrons. The average Bonchev–Trinajstić information content (AvgIpc) is 3.22. The minimum atomic E-state index is -2.02. The molecule has 0 aromatic heterocycles. The third-order valence-electron chi connectivity index (χ3n) is 9.52. The Bertz CT molecular complexity index is 1230. The quantitative estimate of drug-likeness (QED) is 0.291. The zero-order valence-corrected chi connectivity index (χ0v) is 28.3. The van der Waals surface area contributed by atoms with Gasteiger partial charge in [0.1, 0.15) is 8.07 Å². The predicted octanol–water partition coefficient (Wildman–Crippen LogP) is 9.56. The fourth-order valence-electron chi connectivity index (χ4n) is 7.47. The Balaban J connectivity index is 1.91. The van der Waals surface area contributed by atoms with E-state index in [1.54, 1.807) is 15.9 Å². The first-order valence-electron chi connectivity index (χ1n) is 15.2. The summed E-state index contributed by atoms with van der Waals surface area (Å²) < 4.78 is 0. The molecule has 1 atom stereocenters. The van der Waals surface area contributed by atoms with Gasteiger partial charge in [0.15, 0.2) is 0 Å². The maximum Gasteiger partial charge on any atom is 0.120 e. The van der Waals surface area contributed by atoms with Gasteiger partial charge in [0.2, 0.25) is 0 Å². The van der Waals surface area contributed by atoms with Gasteiger partial charge in [0.25, 0.3) is 0 Å². The molecule has 1 heterocycles. The highest BCUT2D eigenvalue weighted by Crippen LogP contribution is 2.44. The van der Waals surface area contributed by atoms with Crippen LogP contribution in [0.1, 0.15) is 119 Å². The smallest absolute Gasteiger partial charge is 0.0585 e. The Morgan fingerprint density at radius 3 is 1.23 bits per heavy atom. The van der Waals surface area contributed by atoms with E-state index >= 15 is 0 Å². The van der Waals surface area contributed by atoms with Gasteiger partial charge in [-0.2, -0.15) is 0 Å². The van der Waals surface area contributed by atoms with Gasteiger partial charge in [-0.05, 0) is 101 Å². The molecule has 1 unspecified atom stereocenters. The van der Waals surface area contributed by atoms with Crippen LogP contribution in [0.3, 0.4) is 0 Å². The largest absolute Gasteiger partial charge is 0.120 e. The third kappa shape index (κ3) is 5.72. The van der Waals surface area contributed by atoms with Crippen LogP contribution in [0.2, 0.25) is 12.1 Å². The molecule has 0 nitrogen and oxygen atoms in total. The molecule has 1 heteroatoms. The summed E-state index contributed by atoms with van der Waals surface area (Å²) in [6, 6.07) is 22.4. The Hall–Kier alpha value is -2.12. The van der Waals surface area contributed by atoms with E-state index in [2.05, 4.69) is 139 Å². The molecule has 0 amide bonds. The lowest BCUT2D eigenvalue weighted by molar-refractivity contribution is 0.589. The molecule has 1 saturated heterocycles. The molecule has 3 aromatic carbocycles. The number of rotatable bonds is 3. The Kier molecular flexibility index (Phi) is 7.70. The first kappa shape index (κ1) is 29.8. The van der Waals surface area contributed by atoms with E-state index in [9.17, 15) is 0 Å². The van der Waals surface area contributed by atoms with Crippen molar-refractivity contribution in [2.75, 3.05) is 0 Å². The van der Waals surface area contributed by atoms with Crippen molar-refractivity contribution in [2.24, 2.45) is 0 Å². The highest BCUT2D eigenvalue weighted by atomic mass is 28.3. The molecule has 0 bridgehead atoms. The van der Waals surface area contributed by atoms with Crippen molar-refractivity contribution in [3.8, 4) is 0 Å². The van der Waals surface area contributed by atoms with E-state index < -0.39 is 8.07 Å². The van der Waals surface area contributed by atoms with Crippen molar-refractivity contribution in [3.63, 3.8) is 0 Å². The second-order valence-electron chi connectivity index (χ2n) is 15.9. The number of hydrogen-bond donors (Lipinski definition) is 0. The van der Waals surface area contributed by atoms with Crippen LogP contribution in [-0.4, -0.2) is 8.07 Å². The zero-order valence-electron chi connectivity index (χ0n) is 27.3. The average molecular weight is 539 g/mol. The van der Waals surface area contributed by atoms with Crippen LogP contribution in [0.4, 0.5) is 0 Å². The van der Waals surface area contributed by atoms with Crippen LogP contribution < -0.4 is 10.4 Å². The van der Waals surface area contributed by atoms with E-state index in [4.69, 9.17) is 0 Å². The monoisotopic (exact) mass is 538 g/mol. The van der Waals surface area contributed by atoms with Crippen LogP contribution in [0.15, 0.2) is 48.5 Å². The lowest BCUT2D eigenvalue weighted by Gasteiger charge is -2.36. The lowest BCUT2D eigenvalue weighted by Crippen LogP contribution is -2.60. The van der Waals surface area contributed by atoms with Gasteiger partial charge < -0.3 is 0 Å². The molecule has 1 fully saturated rings. The van der Waals surface area contributed by atoms with Crippen LogP contribution in [-0.2, 0) is 16.2 Å². The first-order chi connectivity index (χ1) is 17.8. The van der Waals surface area contributed by atoms with E-state index in [1.165, 1.54) is 57.5 Å². The molecule has 39 heavy (non-hydrogen) atoms. The van der Waals surface area contributed by atoms with Gasteiger partial charge in [0.05, 0.1) is 0 Å². The fraction of sp³-hybridized carbons (Fsp3) is 0.526. The van der Waals surface area contributed by atoms with E-state index in [1.807, 2.05) is 0 Å². The van der Waals surface area contributed by atoms with Crippen molar-refractivity contribution >= 4 is 18.4 Å².